The van der Waals surface area contributed by atoms with Gasteiger partial charge in [-0.2, -0.15) is 5.26 Å². The SMILES string of the molecule is CCCCS(=O)(=O)NCC1CCN(c2nccnc2C#N)CC1. The van der Waals surface area contributed by atoms with E-state index in [2.05, 4.69) is 20.8 Å². The Balaban J connectivity index is 1.84. The largest absolute Gasteiger partial charge is 0.354 e. The Kier molecular flexibility index (Phi) is 6.30. The fourth-order valence-electron chi connectivity index (χ4n) is 2.64. The van der Waals surface area contributed by atoms with Gasteiger partial charge in [0.1, 0.15) is 6.07 Å². The molecule has 0 atom stereocenters. The van der Waals surface area contributed by atoms with E-state index in [4.69, 9.17) is 5.26 Å². The van der Waals surface area contributed by atoms with Crippen molar-refractivity contribution in [1.82, 2.24) is 14.7 Å². The molecule has 2 heterocycles. The van der Waals surface area contributed by atoms with Gasteiger partial charge in [0.15, 0.2) is 11.5 Å². The molecule has 0 aliphatic carbocycles. The number of piperidine rings is 1. The van der Waals surface area contributed by atoms with Gasteiger partial charge in [-0.15, -0.1) is 0 Å². The third-order valence-corrected chi connectivity index (χ3v) is 5.49. The van der Waals surface area contributed by atoms with Crippen molar-refractivity contribution in [2.75, 3.05) is 30.3 Å². The summed E-state index contributed by atoms with van der Waals surface area (Å²) in [6.45, 7) is 3.99. The monoisotopic (exact) mass is 337 g/mol. The summed E-state index contributed by atoms with van der Waals surface area (Å²) in [6.07, 6.45) is 6.41. The highest BCUT2D eigenvalue weighted by atomic mass is 32.2. The fourth-order valence-corrected chi connectivity index (χ4v) is 3.94. The predicted molar refractivity (Wildman–Crippen MR) is 88.4 cm³/mol. The number of hydrogen-bond donors (Lipinski definition) is 1. The summed E-state index contributed by atoms with van der Waals surface area (Å²) in [5.74, 6) is 1.15. The minimum Gasteiger partial charge on any atom is -0.354 e. The van der Waals surface area contributed by atoms with Crippen molar-refractivity contribution in [3.63, 3.8) is 0 Å². The van der Waals surface area contributed by atoms with Gasteiger partial charge in [-0.3, -0.25) is 0 Å². The number of nitrogens with zero attached hydrogens (tertiary/aromatic N) is 4. The van der Waals surface area contributed by atoms with E-state index in [0.29, 0.717) is 30.4 Å². The number of anilines is 1. The maximum absolute atomic E-state index is 11.8. The van der Waals surface area contributed by atoms with E-state index in [1.54, 1.807) is 6.20 Å². The van der Waals surface area contributed by atoms with Gasteiger partial charge in [0.05, 0.1) is 5.75 Å². The Labute approximate surface area is 137 Å². The van der Waals surface area contributed by atoms with E-state index in [1.807, 2.05) is 11.8 Å². The molecule has 1 saturated heterocycles. The second kappa shape index (κ2) is 8.22. The second-order valence-corrected chi connectivity index (χ2v) is 7.72. The van der Waals surface area contributed by atoms with E-state index in [9.17, 15) is 8.42 Å². The van der Waals surface area contributed by atoms with Crippen molar-refractivity contribution in [3.05, 3.63) is 18.1 Å². The average Bonchev–Trinajstić information content (AvgIpc) is 2.59. The van der Waals surface area contributed by atoms with Crippen LogP contribution in [0, 0.1) is 17.2 Å². The third kappa shape index (κ3) is 5.15. The van der Waals surface area contributed by atoms with Crippen molar-refractivity contribution in [2.24, 2.45) is 5.92 Å². The molecule has 7 nitrogen and oxygen atoms in total. The Morgan fingerprint density at radius 2 is 2.04 bits per heavy atom. The number of unbranched alkanes of at least 4 members (excludes halogenated alkanes) is 1. The topological polar surface area (TPSA) is 99.0 Å². The molecule has 0 unspecified atom stereocenters. The van der Waals surface area contributed by atoms with Crippen LogP contribution < -0.4 is 9.62 Å². The molecular weight excluding hydrogens is 314 g/mol. The standard InChI is InChI=1S/C15H23N5O2S/c1-2-3-10-23(21,22)19-12-13-4-8-20(9-5-13)15-14(11-16)17-6-7-18-15/h6-7,13,19H,2-5,8-10,12H2,1H3. The maximum Gasteiger partial charge on any atom is 0.211 e. The van der Waals surface area contributed by atoms with E-state index >= 15 is 0 Å². The van der Waals surface area contributed by atoms with Crippen LogP contribution in [0.3, 0.4) is 0 Å². The number of rotatable bonds is 7. The fraction of sp³-hybridized carbons (Fsp3) is 0.667. The summed E-state index contributed by atoms with van der Waals surface area (Å²) in [4.78, 5) is 10.3. The molecule has 0 radical (unpaired) electrons. The first-order valence-electron chi connectivity index (χ1n) is 7.99. The van der Waals surface area contributed by atoms with Crippen LogP contribution in [0.15, 0.2) is 12.4 Å². The molecule has 23 heavy (non-hydrogen) atoms. The second-order valence-electron chi connectivity index (χ2n) is 5.79. The number of aromatic nitrogens is 2. The van der Waals surface area contributed by atoms with Crippen LogP contribution in [0.2, 0.25) is 0 Å². The van der Waals surface area contributed by atoms with E-state index in [-0.39, 0.29) is 5.75 Å². The summed E-state index contributed by atoms with van der Waals surface area (Å²) in [5.41, 5.74) is 0.339. The zero-order valence-corrected chi connectivity index (χ0v) is 14.2. The molecule has 0 bridgehead atoms. The Hall–Kier alpha value is -1.72. The van der Waals surface area contributed by atoms with Crippen LogP contribution in [-0.2, 0) is 10.0 Å². The molecule has 1 aliphatic rings. The summed E-state index contributed by atoms with van der Waals surface area (Å²) in [7, 11) is -3.15. The van der Waals surface area contributed by atoms with Crippen molar-refractivity contribution in [3.8, 4) is 6.07 Å². The van der Waals surface area contributed by atoms with Crippen LogP contribution in [0.5, 0.6) is 0 Å². The number of nitriles is 1. The highest BCUT2D eigenvalue weighted by molar-refractivity contribution is 7.89. The highest BCUT2D eigenvalue weighted by Gasteiger charge is 2.23. The van der Waals surface area contributed by atoms with Crippen molar-refractivity contribution < 1.29 is 8.42 Å². The molecule has 126 valence electrons. The van der Waals surface area contributed by atoms with Gasteiger partial charge in [-0.25, -0.2) is 23.1 Å². The van der Waals surface area contributed by atoms with Crippen LogP contribution in [0.4, 0.5) is 5.82 Å². The molecule has 1 aromatic heterocycles. The minimum atomic E-state index is -3.15. The number of hydrogen-bond acceptors (Lipinski definition) is 6. The van der Waals surface area contributed by atoms with E-state index in [0.717, 1.165) is 32.4 Å². The Morgan fingerprint density at radius 3 is 2.70 bits per heavy atom. The lowest BCUT2D eigenvalue weighted by atomic mass is 9.97. The average molecular weight is 337 g/mol. The van der Waals surface area contributed by atoms with Crippen LogP contribution in [-0.4, -0.2) is 43.8 Å². The lowest BCUT2D eigenvalue weighted by molar-refractivity contribution is 0.400. The van der Waals surface area contributed by atoms with Gasteiger partial charge < -0.3 is 4.90 Å². The summed E-state index contributed by atoms with van der Waals surface area (Å²) in [6, 6.07) is 2.06. The molecule has 0 saturated carbocycles. The first-order chi connectivity index (χ1) is 11.1. The van der Waals surface area contributed by atoms with E-state index in [1.165, 1.54) is 6.20 Å². The van der Waals surface area contributed by atoms with Gasteiger partial charge in [0, 0.05) is 32.0 Å². The molecule has 1 aromatic rings. The quantitative estimate of drug-likeness (QED) is 0.805. The highest BCUT2D eigenvalue weighted by Crippen LogP contribution is 2.23. The minimum absolute atomic E-state index is 0.202. The lowest BCUT2D eigenvalue weighted by Crippen LogP contribution is -2.39. The van der Waals surface area contributed by atoms with Crippen molar-refractivity contribution in [2.45, 2.75) is 32.6 Å². The molecule has 8 heteroatoms. The number of nitrogens with one attached hydrogen (secondary N) is 1. The summed E-state index contributed by atoms with van der Waals surface area (Å²) < 4.78 is 26.4. The predicted octanol–water partition coefficient (Wildman–Crippen LogP) is 1.28. The van der Waals surface area contributed by atoms with Gasteiger partial charge in [0.25, 0.3) is 0 Å². The van der Waals surface area contributed by atoms with Crippen molar-refractivity contribution >= 4 is 15.8 Å². The third-order valence-electron chi connectivity index (χ3n) is 4.06. The summed E-state index contributed by atoms with van der Waals surface area (Å²) in [5, 5.41) is 9.09. The van der Waals surface area contributed by atoms with Gasteiger partial charge in [-0.1, -0.05) is 13.3 Å². The lowest BCUT2D eigenvalue weighted by Gasteiger charge is -2.32. The first-order valence-corrected chi connectivity index (χ1v) is 9.64. The Morgan fingerprint density at radius 1 is 1.35 bits per heavy atom. The van der Waals surface area contributed by atoms with Gasteiger partial charge in [0.2, 0.25) is 10.0 Å². The summed E-state index contributed by atoms with van der Waals surface area (Å²) >= 11 is 0. The van der Waals surface area contributed by atoms with Gasteiger partial charge >= 0.3 is 0 Å². The molecule has 0 amide bonds. The first kappa shape index (κ1) is 17.6. The molecule has 2 rings (SSSR count). The normalized spacial score (nSPS) is 16.3. The van der Waals surface area contributed by atoms with Crippen LogP contribution in [0.1, 0.15) is 38.3 Å². The number of sulfonamides is 1. The van der Waals surface area contributed by atoms with Crippen LogP contribution >= 0.6 is 0 Å². The zero-order valence-electron chi connectivity index (χ0n) is 13.4. The van der Waals surface area contributed by atoms with Gasteiger partial charge in [-0.05, 0) is 25.2 Å². The van der Waals surface area contributed by atoms with E-state index < -0.39 is 10.0 Å². The molecule has 1 aliphatic heterocycles. The molecule has 1 N–H and O–H groups in total. The van der Waals surface area contributed by atoms with Crippen LogP contribution in [0.25, 0.3) is 0 Å². The molecule has 0 spiro atoms. The molecule has 1 fully saturated rings. The molecule has 0 aromatic carbocycles. The zero-order chi connectivity index (χ0) is 16.7. The smallest absolute Gasteiger partial charge is 0.211 e. The van der Waals surface area contributed by atoms with Crippen molar-refractivity contribution in [1.29, 1.82) is 5.26 Å². The maximum atomic E-state index is 11.8. The molecular formula is C15H23N5O2S. The Bertz CT molecular complexity index is 648.